The fourth-order valence-electron chi connectivity index (χ4n) is 4.59. The number of allylic oxidation sites excluding steroid dienone is 2. The number of nitrogens with one attached hydrogen (secondary N) is 2. The maximum atomic E-state index is 14.6. The Morgan fingerprint density at radius 1 is 1.00 bits per heavy atom. The van der Waals surface area contributed by atoms with E-state index in [4.69, 9.17) is 0 Å². The molecule has 10 heteroatoms. The van der Waals surface area contributed by atoms with Gasteiger partial charge in [-0.15, -0.1) is 0 Å². The lowest BCUT2D eigenvalue weighted by Gasteiger charge is -2.41. The Morgan fingerprint density at radius 3 is 2.57 bits per heavy atom. The van der Waals surface area contributed by atoms with Crippen LogP contribution in [0.3, 0.4) is 0 Å². The van der Waals surface area contributed by atoms with Crippen molar-refractivity contribution in [2.75, 3.05) is 24.7 Å². The first-order valence-corrected chi connectivity index (χ1v) is 11.0. The van der Waals surface area contributed by atoms with Gasteiger partial charge in [-0.2, -0.15) is 13.2 Å². The van der Waals surface area contributed by atoms with E-state index in [-0.39, 0.29) is 17.9 Å². The fourth-order valence-corrected chi connectivity index (χ4v) is 4.59. The Bertz CT molecular complexity index is 1300. The molecule has 2 aromatic carbocycles. The molecule has 0 saturated carbocycles. The molecular formula is C25H21F5N4O. The summed E-state index contributed by atoms with van der Waals surface area (Å²) in [4.78, 5) is 16.4. The number of aryl methyl sites for hydroxylation is 1. The number of hydrogen-bond donors (Lipinski definition) is 2. The third-order valence-corrected chi connectivity index (χ3v) is 6.23. The second-order valence-corrected chi connectivity index (χ2v) is 8.55. The number of fused-ring (bicyclic) bond motifs is 7. The maximum Gasteiger partial charge on any atom is 0.419 e. The van der Waals surface area contributed by atoms with E-state index in [0.717, 1.165) is 0 Å². The molecule has 35 heavy (non-hydrogen) atoms. The summed E-state index contributed by atoms with van der Waals surface area (Å²) in [5.41, 5.74) is 1.01. The Labute approximate surface area is 198 Å². The first-order chi connectivity index (χ1) is 16.6. The predicted molar refractivity (Wildman–Crippen MR) is 121 cm³/mol. The number of carbonyl (C=O) groups is 1. The Kier molecular flexibility index (Phi) is 5.63. The molecule has 0 unspecified atom stereocenters. The highest BCUT2D eigenvalue weighted by molar-refractivity contribution is 6.04. The van der Waals surface area contributed by atoms with Crippen molar-refractivity contribution in [2.45, 2.75) is 19.0 Å². The number of alkyl halides is 3. The highest BCUT2D eigenvalue weighted by atomic mass is 19.4. The van der Waals surface area contributed by atoms with Crippen molar-refractivity contribution in [1.82, 2.24) is 15.5 Å². The van der Waals surface area contributed by atoms with E-state index in [2.05, 4.69) is 17.2 Å². The van der Waals surface area contributed by atoms with Gasteiger partial charge in [0, 0.05) is 17.9 Å². The molecular weight excluding hydrogens is 467 g/mol. The summed E-state index contributed by atoms with van der Waals surface area (Å²) < 4.78 is 69.4. The SMILES string of the molecule is C=C1C=CC2=C(CNCCCc3cc(F)ccc3N3CN2C(=O)c2cc(F)c(C(F)(F)F)cc23)N1. The third-order valence-electron chi connectivity index (χ3n) is 6.23. The van der Waals surface area contributed by atoms with Crippen LogP contribution in [-0.2, 0) is 12.6 Å². The minimum Gasteiger partial charge on any atom is -0.357 e. The van der Waals surface area contributed by atoms with Gasteiger partial charge in [-0.25, -0.2) is 8.78 Å². The van der Waals surface area contributed by atoms with Crippen molar-refractivity contribution in [3.05, 3.63) is 94.5 Å². The van der Waals surface area contributed by atoms with Crippen LogP contribution in [0.5, 0.6) is 0 Å². The molecule has 5 nitrogen and oxygen atoms in total. The molecule has 2 aromatic rings. The molecule has 0 spiro atoms. The van der Waals surface area contributed by atoms with Crippen molar-refractivity contribution in [2.24, 2.45) is 0 Å². The van der Waals surface area contributed by atoms with Gasteiger partial charge in [0.25, 0.3) is 5.91 Å². The van der Waals surface area contributed by atoms with Gasteiger partial charge in [0.2, 0.25) is 0 Å². The summed E-state index contributed by atoms with van der Waals surface area (Å²) in [5.74, 6) is -2.66. The topological polar surface area (TPSA) is 47.6 Å². The van der Waals surface area contributed by atoms with Crippen LogP contribution >= 0.6 is 0 Å². The van der Waals surface area contributed by atoms with Crippen LogP contribution in [0.4, 0.5) is 33.3 Å². The van der Waals surface area contributed by atoms with Crippen LogP contribution in [0.1, 0.15) is 27.9 Å². The van der Waals surface area contributed by atoms with Gasteiger partial charge in [-0.3, -0.25) is 9.69 Å². The average molecular weight is 488 g/mol. The summed E-state index contributed by atoms with van der Waals surface area (Å²) >= 11 is 0. The summed E-state index contributed by atoms with van der Waals surface area (Å²) in [7, 11) is 0. The normalized spacial score (nSPS) is 18.3. The van der Waals surface area contributed by atoms with Gasteiger partial charge < -0.3 is 15.5 Å². The third kappa shape index (κ3) is 4.18. The number of amides is 1. The van der Waals surface area contributed by atoms with Crippen molar-refractivity contribution in [3.8, 4) is 0 Å². The quantitative estimate of drug-likeness (QED) is 0.515. The van der Waals surface area contributed by atoms with Crippen LogP contribution in [0.2, 0.25) is 0 Å². The van der Waals surface area contributed by atoms with Gasteiger partial charge in [-0.1, -0.05) is 6.58 Å². The Balaban J connectivity index is 1.76. The van der Waals surface area contributed by atoms with E-state index in [1.165, 1.54) is 28.0 Å². The smallest absolute Gasteiger partial charge is 0.357 e. The number of hydrogen-bond acceptors (Lipinski definition) is 4. The predicted octanol–water partition coefficient (Wildman–Crippen LogP) is 4.96. The number of carbonyl (C=O) groups excluding carboxylic acids is 1. The molecule has 3 heterocycles. The van der Waals surface area contributed by atoms with Crippen LogP contribution < -0.4 is 15.5 Å². The van der Waals surface area contributed by atoms with Crippen LogP contribution in [0.25, 0.3) is 0 Å². The van der Waals surface area contributed by atoms with E-state index < -0.39 is 29.3 Å². The van der Waals surface area contributed by atoms with Gasteiger partial charge >= 0.3 is 6.18 Å². The number of halogens is 5. The largest absolute Gasteiger partial charge is 0.419 e. The molecule has 182 valence electrons. The number of dihydropyridines is 1. The minimum atomic E-state index is -4.95. The lowest BCUT2D eigenvalue weighted by Crippen LogP contribution is -2.46. The second kappa shape index (κ2) is 8.53. The van der Waals surface area contributed by atoms with E-state index >= 15 is 0 Å². The summed E-state index contributed by atoms with van der Waals surface area (Å²) in [6.07, 6.45) is -0.506. The van der Waals surface area contributed by atoms with Gasteiger partial charge in [0.15, 0.2) is 0 Å². The molecule has 0 radical (unpaired) electrons. The van der Waals surface area contributed by atoms with Crippen molar-refractivity contribution in [1.29, 1.82) is 0 Å². The van der Waals surface area contributed by atoms with Crippen LogP contribution in [-0.4, -0.2) is 30.6 Å². The fraction of sp³-hybridized carbons (Fsp3) is 0.240. The Morgan fingerprint density at radius 2 is 1.80 bits per heavy atom. The second-order valence-electron chi connectivity index (χ2n) is 8.55. The summed E-state index contributed by atoms with van der Waals surface area (Å²) in [6, 6.07) is 5.32. The first kappa shape index (κ1) is 23.1. The minimum absolute atomic E-state index is 0.0812. The number of anilines is 2. The molecule has 2 N–H and O–H groups in total. The zero-order valence-corrected chi connectivity index (χ0v) is 18.5. The van der Waals surface area contributed by atoms with Crippen LogP contribution in [0, 0.1) is 11.6 Å². The number of rotatable bonds is 0. The average Bonchev–Trinajstić information content (AvgIpc) is 2.78. The summed E-state index contributed by atoms with van der Waals surface area (Å²) in [5, 5.41) is 6.42. The molecule has 0 saturated heterocycles. The molecule has 3 aliphatic rings. The molecule has 3 aliphatic heterocycles. The highest BCUT2D eigenvalue weighted by Gasteiger charge is 2.40. The van der Waals surface area contributed by atoms with E-state index in [1.54, 1.807) is 12.2 Å². The standard InChI is InChI=1S/C25H21F5N4O/c1-14-4-6-22-20(32-14)12-31-8-2-3-15-9-16(26)5-7-21(15)33-13-34(22)24(35)17-10-19(27)18(11-23(17)33)25(28,29)30/h4-7,9-11,31-32H,1-3,8,12-13H2. The molecule has 5 rings (SSSR count). The first-order valence-electron chi connectivity index (χ1n) is 11.0. The van der Waals surface area contributed by atoms with Gasteiger partial charge in [0.05, 0.1) is 28.2 Å². The van der Waals surface area contributed by atoms with Gasteiger partial charge in [0.1, 0.15) is 18.3 Å². The van der Waals surface area contributed by atoms with Gasteiger partial charge in [-0.05, 0) is 67.4 Å². The van der Waals surface area contributed by atoms with E-state index in [9.17, 15) is 26.7 Å². The molecule has 0 atom stereocenters. The monoisotopic (exact) mass is 488 g/mol. The molecule has 1 amide bonds. The molecule has 2 bridgehead atoms. The lowest BCUT2D eigenvalue weighted by molar-refractivity contribution is -0.139. The van der Waals surface area contributed by atoms with E-state index in [1.807, 2.05) is 0 Å². The zero-order chi connectivity index (χ0) is 24.9. The van der Waals surface area contributed by atoms with Crippen molar-refractivity contribution in [3.63, 3.8) is 0 Å². The molecule has 0 fully saturated rings. The van der Waals surface area contributed by atoms with Crippen molar-refractivity contribution >= 4 is 17.3 Å². The molecule has 0 aromatic heterocycles. The van der Waals surface area contributed by atoms with Crippen LogP contribution in [0.15, 0.2) is 66.2 Å². The zero-order valence-electron chi connectivity index (χ0n) is 18.5. The lowest BCUT2D eigenvalue weighted by atomic mass is 9.99. The highest BCUT2D eigenvalue weighted by Crippen LogP contribution is 2.42. The molecule has 0 aliphatic carbocycles. The number of benzene rings is 2. The summed E-state index contributed by atoms with van der Waals surface area (Å²) in [6.45, 7) is 4.69. The number of nitrogens with zero attached hydrogens (tertiary/aromatic N) is 2. The van der Waals surface area contributed by atoms with Crippen molar-refractivity contribution < 1.29 is 26.7 Å². The Hall–Kier alpha value is -3.66. The maximum absolute atomic E-state index is 14.6. The van der Waals surface area contributed by atoms with E-state index in [0.29, 0.717) is 66.4 Å².